The van der Waals surface area contributed by atoms with Crippen LogP contribution in [-0.2, 0) is 15.1 Å². The monoisotopic (exact) mass is 191 g/mol. The Morgan fingerprint density at radius 2 is 2.14 bits per heavy atom. The highest BCUT2D eigenvalue weighted by atomic mass is 16.7. The highest BCUT2D eigenvalue weighted by Crippen LogP contribution is 2.35. The molecule has 0 radical (unpaired) electrons. The van der Waals surface area contributed by atoms with E-state index in [4.69, 9.17) is 9.47 Å². The zero-order chi connectivity index (χ0) is 9.43. The van der Waals surface area contributed by atoms with Crippen LogP contribution in [0.3, 0.4) is 0 Å². The van der Waals surface area contributed by atoms with Crippen LogP contribution in [0.25, 0.3) is 0 Å². The molecule has 0 saturated carbocycles. The Hall–Kier alpha value is -0.900. The highest BCUT2D eigenvalue weighted by molar-refractivity contribution is 5.24. The van der Waals surface area contributed by atoms with Gasteiger partial charge >= 0.3 is 0 Å². The number of rotatable bonds is 1. The fraction of sp³-hybridized carbons (Fsp3) is 0.455. The van der Waals surface area contributed by atoms with Gasteiger partial charge in [-0.05, 0) is 5.56 Å². The van der Waals surface area contributed by atoms with Gasteiger partial charge in [0.2, 0.25) is 0 Å². The number of ether oxygens (including phenoxy) is 2. The van der Waals surface area contributed by atoms with Crippen LogP contribution in [0.4, 0.5) is 0 Å². The zero-order valence-electron chi connectivity index (χ0n) is 7.90. The summed E-state index contributed by atoms with van der Waals surface area (Å²) in [4.78, 5) is 0. The quantitative estimate of drug-likeness (QED) is 0.714. The molecule has 1 aromatic carbocycles. The standard InChI is InChI=1S/C11H13NO2/c1-2-4-9(5-3-1)11-7-12-6-10(14-11)13-8-11/h1-5,10,12H,6-8H2. The van der Waals surface area contributed by atoms with Crippen molar-refractivity contribution in [2.24, 2.45) is 0 Å². The van der Waals surface area contributed by atoms with Crippen LogP contribution in [0.5, 0.6) is 0 Å². The maximum atomic E-state index is 5.89. The predicted octanol–water partition coefficient (Wildman–Crippen LogP) is 0.858. The van der Waals surface area contributed by atoms with Crippen LogP contribution >= 0.6 is 0 Å². The molecule has 0 aliphatic carbocycles. The van der Waals surface area contributed by atoms with Crippen LogP contribution in [0.15, 0.2) is 30.3 Å². The van der Waals surface area contributed by atoms with Gasteiger partial charge in [0.25, 0.3) is 0 Å². The molecule has 0 amide bonds. The van der Waals surface area contributed by atoms with Crippen LogP contribution in [0, 0.1) is 0 Å². The average molecular weight is 191 g/mol. The Bertz CT molecular complexity index is 323. The van der Waals surface area contributed by atoms with E-state index < -0.39 is 0 Å². The van der Waals surface area contributed by atoms with Gasteiger partial charge in [-0.25, -0.2) is 0 Å². The Labute approximate surface area is 83.0 Å². The van der Waals surface area contributed by atoms with Crippen molar-refractivity contribution in [1.82, 2.24) is 5.32 Å². The molecule has 2 fully saturated rings. The van der Waals surface area contributed by atoms with Crippen LogP contribution < -0.4 is 5.32 Å². The molecule has 0 aromatic heterocycles. The summed E-state index contributed by atoms with van der Waals surface area (Å²) in [6.07, 6.45) is -0.0658. The fourth-order valence-electron chi connectivity index (χ4n) is 2.13. The first-order valence-corrected chi connectivity index (χ1v) is 4.95. The lowest BCUT2D eigenvalue weighted by atomic mass is 9.94. The number of hydrogen-bond donors (Lipinski definition) is 1. The van der Waals surface area contributed by atoms with Crippen molar-refractivity contribution in [2.75, 3.05) is 19.7 Å². The summed E-state index contributed by atoms with van der Waals surface area (Å²) in [6.45, 7) is 2.30. The maximum absolute atomic E-state index is 5.89. The van der Waals surface area contributed by atoms with Crippen molar-refractivity contribution in [3.05, 3.63) is 35.9 Å². The van der Waals surface area contributed by atoms with Gasteiger partial charge < -0.3 is 14.8 Å². The van der Waals surface area contributed by atoms with E-state index in [9.17, 15) is 0 Å². The Morgan fingerprint density at radius 1 is 1.29 bits per heavy atom. The minimum absolute atomic E-state index is 0.0658. The number of fused-ring (bicyclic) bond motifs is 2. The van der Waals surface area contributed by atoms with Crippen LogP contribution in [-0.4, -0.2) is 26.0 Å². The Balaban J connectivity index is 1.97. The van der Waals surface area contributed by atoms with Crippen LogP contribution in [0.1, 0.15) is 5.56 Å². The second-order valence-electron chi connectivity index (χ2n) is 3.85. The molecule has 74 valence electrons. The normalized spacial score (nSPS) is 35.9. The van der Waals surface area contributed by atoms with E-state index in [1.54, 1.807) is 0 Å². The van der Waals surface area contributed by atoms with E-state index >= 15 is 0 Å². The molecule has 14 heavy (non-hydrogen) atoms. The topological polar surface area (TPSA) is 30.5 Å². The lowest BCUT2D eigenvalue weighted by molar-refractivity contribution is -0.111. The van der Waals surface area contributed by atoms with Gasteiger partial charge in [-0.2, -0.15) is 0 Å². The van der Waals surface area contributed by atoms with Crippen molar-refractivity contribution >= 4 is 0 Å². The van der Waals surface area contributed by atoms with E-state index in [1.165, 1.54) is 5.56 Å². The van der Waals surface area contributed by atoms with Gasteiger partial charge in [-0.3, -0.25) is 0 Å². The largest absolute Gasteiger partial charge is 0.348 e. The predicted molar refractivity (Wildman–Crippen MR) is 51.8 cm³/mol. The molecule has 2 aliphatic heterocycles. The van der Waals surface area contributed by atoms with E-state index in [0.717, 1.165) is 13.1 Å². The number of nitrogens with one attached hydrogen (secondary N) is 1. The molecule has 1 N–H and O–H groups in total. The van der Waals surface area contributed by atoms with E-state index in [0.29, 0.717) is 6.61 Å². The number of morpholine rings is 1. The molecule has 3 rings (SSSR count). The van der Waals surface area contributed by atoms with Crippen LogP contribution in [0.2, 0.25) is 0 Å². The van der Waals surface area contributed by atoms with Gasteiger partial charge in [0, 0.05) is 13.1 Å². The molecule has 2 aliphatic rings. The lowest BCUT2D eigenvalue weighted by Crippen LogP contribution is -2.47. The molecular weight excluding hydrogens is 178 g/mol. The van der Waals surface area contributed by atoms with E-state index in [-0.39, 0.29) is 11.9 Å². The minimum Gasteiger partial charge on any atom is -0.348 e. The van der Waals surface area contributed by atoms with Crippen molar-refractivity contribution in [2.45, 2.75) is 11.9 Å². The summed E-state index contributed by atoms with van der Waals surface area (Å²) in [7, 11) is 0. The highest BCUT2D eigenvalue weighted by Gasteiger charge is 2.45. The molecule has 2 saturated heterocycles. The van der Waals surface area contributed by atoms with Crippen molar-refractivity contribution < 1.29 is 9.47 Å². The molecule has 2 bridgehead atoms. The van der Waals surface area contributed by atoms with Crippen molar-refractivity contribution in [1.29, 1.82) is 0 Å². The van der Waals surface area contributed by atoms with Crippen molar-refractivity contribution in [3.8, 4) is 0 Å². The first-order chi connectivity index (χ1) is 6.89. The summed E-state index contributed by atoms with van der Waals surface area (Å²) in [5.74, 6) is 0. The molecule has 3 nitrogen and oxygen atoms in total. The number of hydrogen-bond acceptors (Lipinski definition) is 3. The molecule has 0 spiro atoms. The summed E-state index contributed by atoms with van der Waals surface area (Å²) in [6, 6.07) is 10.3. The van der Waals surface area contributed by atoms with Gasteiger partial charge in [0.1, 0.15) is 5.60 Å². The Morgan fingerprint density at radius 3 is 3.00 bits per heavy atom. The third kappa shape index (κ3) is 1.17. The lowest BCUT2D eigenvalue weighted by Gasteiger charge is -2.31. The summed E-state index contributed by atoms with van der Waals surface area (Å²) >= 11 is 0. The zero-order valence-corrected chi connectivity index (χ0v) is 7.90. The second-order valence-corrected chi connectivity index (χ2v) is 3.85. The molecule has 3 heteroatoms. The molecule has 1 aromatic rings. The molecule has 2 atom stereocenters. The summed E-state index contributed by atoms with van der Waals surface area (Å²) < 4.78 is 11.4. The Kier molecular flexibility index (Phi) is 1.83. The van der Waals surface area contributed by atoms with Crippen molar-refractivity contribution in [3.63, 3.8) is 0 Å². The van der Waals surface area contributed by atoms with Gasteiger partial charge in [0.05, 0.1) is 6.61 Å². The third-order valence-corrected chi connectivity index (χ3v) is 2.88. The molecule has 2 heterocycles. The third-order valence-electron chi connectivity index (χ3n) is 2.88. The number of benzene rings is 1. The van der Waals surface area contributed by atoms with Gasteiger partial charge in [-0.15, -0.1) is 0 Å². The first-order valence-electron chi connectivity index (χ1n) is 4.95. The second kappa shape index (κ2) is 3.05. The van der Waals surface area contributed by atoms with E-state index in [1.807, 2.05) is 18.2 Å². The molecule has 2 unspecified atom stereocenters. The van der Waals surface area contributed by atoms with Gasteiger partial charge in [0.15, 0.2) is 6.29 Å². The summed E-state index contributed by atoms with van der Waals surface area (Å²) in [5, 5.41) is 3.34. The molecular formula is C11H13NO2. The van der Waals surface area contributed by atoms with Gasteiger partial charge in [-0.1, -0.05) is 30.3 Å². The fourth-order valence-corrected chi connectivity index (χ4v) is 2.13. The average Bonchev–Trinajstić information content (AvgIpc) is 2.57. The summed E-state index contributed by atoms with van der Waals surface area (Å²) in [5.41, 5.74) is 0.958. The smallest absolute Gasteiger partial charge is 0.171 e. The SMILES string of the molecule is c1ccc(C23CNCC(OC2)O3)cc1. The van der Waals surface area contributed by atoms with E-state index in [2.05, 4.69) is 17.4 Å². The minimum atomic E-state index is -0.246. The first kappa shape index (κ1) is 8.41. The maximum Gasteiger partial charge on any atom is 0.171 e.